The summed E-state index contributed by atoms with van der Waals surface area (Å²) in [7, 11) is -4.40. The average molecular weight is 1010 g/mol. The molecule has 0 aliphatic rings. The van der Waals surface area contributed by atoms with Crippen molar-refractivity contribution in [2.24, 2.45) is 5.73 Å². The topological polar surface area (TPSA) is 134 Å². The molecule has 0 aromatic rings. The van der Waals surface area contributed by atoms with Gasteiger partial charge in [-0.2, -0.15) is 0 Å². The van der Waals surface area contributed by atoms with Crippen molar-refractivity contribution in [3.63, 3.8) is 0 Å². The summed E-state index contributed by atoms with van der Waals surface area (Å²) in [5.74, 6) is -0.852. The van der Waals surface area contributed by atoms with Crippen molar-refractivity contribution in [1.29, 1.82) is 0 Å². The zero-order valence-electron chi connectivity index (χ0n) is 45.4. The molecule has 2 unspecified atom stereocenters. The molecule has 3 N–H and O–H groups in total. The van der Waals surface area contributed by atoms with E-state index in [1.807, 2.05) is 0 Å². The Morgan fingerprint density at radius 2 is 0.775 bits per heavy atom. The van der Waals surface area contributed by atoms with Crippen LogP contribution in [0.4, 0.5) is 0 Å². The van der Waals surface area contributed by atoms with Crippen molar-refractivity contribution >= 4 is 19.8 Å². The largest absolute Gasteiger partial charge is 0.472 e. The summed E-state index contributed by atoms with van der Waals surface area (Å²) in [6, 6.07) is 0. The number of nitrogens with two attached hydrogens (primary N) is 1. The number of allylic oxidation sites excluding steroid dienone is 16. The summed E-state index contributed by atoms with van der Waals surface area (Å²) in [5, 5.41) is 0. The Morgan fingerprint density at radius 3 is 1.15 bits per heavy atom. The molecule has 2 atom stereocenters. The van der Waals surface area contributed by atoms with Crippen LogP contribution in [0.25, 0.3) is 0 Å². The van der Waals surface area contributed by atoms with Crippen LogP contribution < -0.4 is 5.73 Å². The predicted octanol–water partition coefficient (Wildman–Crippen LogP) is 18.1. The van der Waals surface area contributed by atoms with Crippen LogP contribution >= 0.6 is 7.82 Å². The molecule has 0 bridgehead atoms. The lowest BCUT2D eigenvalue weighted by Crippen LogP contribution is -2.29. The van der Waals surface area contributed by atoms with Gasteiger partial charge < -0.3 is 20.1 Å². The molecule has 0 heterocycles. The van der Waals surface area contributed by atoms with Gasteiger partial charge in [-0.05, 0) is 96.3 Å². The van der Waals surface area contributed by atoms with Gasteiger partial charge in [0.2, 0.25) is 0 Å². The summed E-state index contributed by atoms with van der Waals surface area (Å²) in [5.41, 5.74) is 5.38. The lowest BCUT2D eigenvalue weighted by Gasteiger charge is -2.19. The van der Waals surface area contributed by atoms with Gasteiger partial charge in [0.05, 0.1) is 13.2 Å². The Morgan fingerprint density at radius 1 is 0.437 bits per heavy atom. The summed E-state index contributed by atoms with van der Waals surface area (Å²) in [6.45, 7) is 3.60. The Bertz CT molecular complexity index is 1480. The van der Waals surface area contributed by atoms with Crippen LogP contribution in [-0.4, -0.2) is 49.3 Å². The summed E-state index contributed by atoms with van der Waals surface area (Å²) in [4.78, 5) is 35.2. The first-order valence-corrected chi connectivity index (χ1v) is 30.2. The molecule has 0 spiro atoms. The number of hydrogen-bond acceptors (Lipinski definition) is 8. The number of phosphoric ester groups is 1. The first-order chi connectivity index (χ1) is 34.8. The second kappa shape index (κ2) is 56.2. The second-order valence-electron chi connectivity index (χ2n) is 18.8. The van der Waals surface area contributed by atoms with E-state index in [4.69, 9.17) is 24.3 Å². The van der Waals surface area contributed by atoms with Crippen molar-refractivity contribution in [2.45, 2.75) is 251 Å². The van der Waals surface area contributed by atoms with Crippen LogP contribution in [-0.2, 0) is 32.7 Å². The second-order valence-corrected chi connectivity index (χ2v) is 20.2. The highest BCUT2D eigenvalue weighted by Gasteiger charge is 2.26. The molecule has 0 aliphatic heterocycles. The highest BCUT2D eigenvalue weighted by Crippen LogP contribution is 2.43. The molecular formula is C61H106NO8P. The van der Waals surface area contributed by atoms with Gasteiger partial charge in [-0.25, -0.2) is 4.57 Å². The van der Waals surface area contributed by atoms with E-state index in [1.165, 1.54) is 116 Å². The SMILES string of the molecule is CC/C=C\C/C=C\C/C=C\C/C=C\C/C=C\CCCCCCCC(=O)OC(COC(=O)CCCCCCCCCCCCCCCC/C=C\C/C=C\C/C=C\CCCCCCC)COP(=O)(O)OCCN. The van der Waals surface area contributed by atoms with Gasteiger partial charge in [0.15, 0.2) is 6.10 Å². The Hall–Kier alpha value is -3.07. The Balaban J connectivity index is 4.01. The lowest BCUT2D eigenvalue weighted by molar-refractivity contribution is -0.161. The van der Waals surface area contributed by atoms with Crippen molar-refractivity contribution in [2.75, 3.05) is 26.4 Å². The van der Waals surface area contributed by atoms with E-state index in [0.29, 0.717) is 6.42 Å². The third kappa shape index (κ3) is 56.1. The van der Waals surface area contributed by atoms with E-state index >= 15 is 0 Å². The molecule has 0 aromatic carbocycles. The van der Waals surface area contributed by atoms with Gasteiger partial charge in [-0.3, -0.25) is 18.6 Å². The number of unbranched alkanes of at least 4 members (excludes halogenated alkanes) is 24. The standard InChI is InChI=1S/C61H106NO8P/c1-3-5-7-9-11-13-15-17-19-21-23-25-26-27-28-29-30-31-32-34-35-37-39-41-43-45-47-49-51-53-60(63)67-57-59(58-69-71(65,66)68-56-55-62)70-61(64)54-52-50-48-46-44-42-40-38-36-33-24-22-20-18-16-14-12-10-8-6-4-2/h6,8,12,14-15,17-18,20-21,23-24,26-27,33,38,40,59H,3-5,7,9-11,13,16,19,22,25,28-32,34-37,39,41-58,62H2,1-2H3,(H,65,66)/b8-6-,14-12-,17-15-,20-18-,23-21-,27-26-,33-24-,40-38-. The minimum atomic E-state index is -4.40. The van der Waals surface area contributed by atoms with Crippen molar-refractivity contribution in [1.82, 2.24) is 0 Å². The quantitative estimate of drug-likeness (QED) is 0.0264. The highest BCUT2D eigenvalue weighted by atomic mass is 31.2. The fourth-order valence-corrected chi connectivity index (χ4v) is 8.49. The monoisotopic (exact) mass is 1010 g/mol. The Labute approximate surface area is 436 Å². The normalized spacial score (nSPS) is 13.8. The zero-order valence-corrected chi connectivity index (χ0v) is 46.3. The van der Waals surface area contributed by atoms with E-state index in [9.17, 15) is 19.0 Å². The molecule has 0 saturated heterocycles. The number of carbonyl (C=O) groups is 2. The van der Waals surface area contributed by atoms with Crippen molar-refractivity contribution < 1.29 is 37.6 Å². The van der Waals surface area contributed by atoms with Gasteiger partial charge in [-0.15, -0.1) is 0 Å². The number of phosphoric acid groups is 1. The molecule has 0 rings (SSSR count). The van der Waals surface area contributed by atoms with Crippen LogP contribution in [0.1, 0.15) is 245 Å². The van der Waals surface area contributed by atoms with Crippen molar-refractivity contribution in [3.05, 3.63) is 97.2 Å². The first-order valence-electron chi connectivity index (χ1n) is 28.7. The van der Waals surface area contributed by atoms with E-state index in [0.717, 1.165) is 96.3 Å². The molecule has 0 radical (unpaired) electrons. The fraction of sp³-hybridized carbons (Fsp3) is 0.705. The highest BCUT2D eigenvalue weighted by molar-refractivity contribution is 7.47. The van der Waals surface area contributed by atoms with E-state index in [-0.39, 0.29) is 38.6 Å². The van der Waals surface area contributed by atoms with E-state index in [1.54, 1.807) is 0 Å². The molecular weight excluding hydrogens is 906 g/mol. The van der Waals surface area contributed by atoms with Crippen LogP contribution in [0.3, 0.4) is 0 Å². The number of esters is 2. The summed E-state index contributed by atoms with van der Waals surface area (Å²) >= 11 is 0. The Kier molecular flexibility index (Phi) is 53.8. The predicted molar refractivity (Wildman–Crippen MR) is 302 cm³/mol. The maximum absolute atomic E-state index is 12.7. The fourth-order valence-electron chi connectivity index (χ4n) is 7.73. The molecule has 0 saturated carbocycles. The van der Waals surface area contributed by atoms with E-state index < -0.39 is 26.5 Å². The van der Waals surface area contributed by atoms with Gasteiger partial charge in [0.25, 0.3) is 0 Å². The van der Waals surface area contributed by atoms with Gasteiger partial charge >= 0.3 is 19.8 Å². The third-order valence-electron chi connectivity index (χ3n) is 12.0. The maximum atomic E-state index is 12.7. The molecule has 0 aliphatic carbocycles. The summed E-state index contributed by atoms with van der Waals surface area (Å²) in [6.07, 6.45) is 74.6. The zero-order chi connectivity index (χ0) is 51.7. The molecule has 408 valence electrons. The number of rotatable bonds is 53. The van der Waals surface area contributed by atoms with Gasteiger partial charge in [-0.1, -0.05) is 233 Å². The number of ether oxygens (including phenoxy) is 2. The number of hydrogen-bond donors (Lipinski definition) is 2. The molecule has 10 heteroatoms. The van der Waals surface area contributed by atoms with Crippen LogP contribution in [0.5, 0.6) is 0 Å². The van der Waals surface area contributed by atoms with Gasteiger partial charge in [0, 0.05) is 19.4 Å². The van der Waals surface area contributed by atoms with E-state index in [2.05, 4.69) is 111 Å². The van der Waals surface area contributed by atoms with Gasteiger partial charge in [0.1, 0.15) is 6.61 Å². The maximum Gasteiger partial charge on any atom is 0.472 e. The van der Waals surface area contributed by atoms with Crippen LogP contribution in [0.15, 0.2) is 97.2 Å². The lowest BCUT2D eigenvalue weighted by atomic mass is 10.0. The minimum Gasteiger partial charge on any atom is -0.462 e. The molecule has 71 heavy (non-hydrogen) atoms. The van der Waals surface area contributed by atoms with Crippen LogP contribution in [0, 0.1) is 0 Å². The molecule has 0 amide bonds. The molecule has 0 aromatic heterocycles. The van der Waals surface area contributed by atoms with Crippen molar-refractivity contribution in [3.8, 4) is 0 Å². The van der Waals surface area contributed by atoms with Crippen LogP contribution in [0.2, 0.25) is 0 Å². The number of carbonyl (C=O) groups excluding carboxylic acids is 2. The average Bonchev–Trinajstić information content (AvgIpc) is 3.36. The minimum absolute atomic E-state index is 0.0453. The molecule has 9 nitrogen and oxygen atoms in total. The summed E-state index contributed by atoms with van der Waals surface area (Å²) < 4.78 is 33.0. The first kappa shape index (κ1) is 67.9. The molecule has 0 fully saturated rings. The smallest absolute Gasteiger partial charge is 0.462 e. The third-order valence-corrected chi connectivity index (χ3v) is 12.9.